The third kappa shape index (κ3) is 5.59. The van der Waals surface area contributed by atoms with Crippen LogP contribution in [-0.2, 0) is 20.9 Å². The lowest BCUT2D eigenvalue weighted by Gasteiger charge is -2.05. The van der Waals surface area contributed by atoms with Crippen LogP contribution in [0.1, 0.15) is 31.3 Å². The van der Waals surface area contributed by atoms with Gasteiger partial charge in [-0.2, -0.15) is 0 Å². The van der Waals surface area contributed by atoms with E-state index in [1.54, 1.807) is 6.92 Å². The molecule has 1 aromatic rings. The van der Waals surface area contributed by atoms with E-state index in [2.05, 4.69) is 14.2 Å². The summed E-state index contributed by atoms with van der Waals surface area (Å²) in [5.74, 6) is -0.775. The number of rotatable bonds is 7. The van der Waals surface area contributed by atoms with Gasteiger partial charge in [0.25, 0.3) is 0 Å². The predicted octanol–water partition coefficient (Wildman–Crippen LogP) is 1.27. The molecule has 0 saturated heterocycles. The van der Waals surface area contributed by atoms with Gasteiger partial charge in [-0.3, -0.25) is 4.79 Å². The Morgan fingerprint density at radius 1 is 1.30 bits per heavy atom. The summed E-state index contributed by atoms with van der Waals surface area (Å²) in [5, 5.41) is 2.33. The van der Waals surface area contributed by atoms with Crippen LogP contribution < -0.4 is 11.1 Å². The van der Waals surface area contributed by atoms with Crippen LogP contribution in [0.25, 0.3) is 0 Å². The lowest BCUT2D eigenvalue weighted by atomic mass is 10.3. The first-order valence-electron chi connectivity index (χ1n) is 6.03. The zero-order valence-electron chi connectivity index (χ0n) is 11.3. The first kappa shape index (κ1) is 15.8. The standard InChI is InChI=1S/C12H16NO7/c1-3-17-10(14)5-4-6-13-11(15)18-7-9-8(2)19-12(16)20-9/h6H,3-5,7H2,1-2H3,(H,13,15). The Hall–Kier alpha value is -2.25. The highest BCUT2D eigenvalue weighted by Crippen LogP contribution is 2.06. The van der Waals surface area contributed by atoms with Crippen molar-refractivity contribution in [3.05, 3.63) is 28.7 Å². The Labute approximate surface area is 115 Å². The summed E-state index contributed by atoms with van der Waals surface area (Å²) in [6.07, 6.45) is -0.227. The molecule has 0 aliphatic rings. The summed E-state index contributed by atoms with van der Waals surface area (Å²) in [6, 6.07) is 0. The summed E-state index contributed by atoms with van der Waals surface area (Å²) < 4.78 is 18.8. The van der Waals surface area contributed by atoms with Crippen molar-refractivity contribution in [2.24, 2.45) is 0 Å². The van der Waals surface area contributed by atoms with Crippen LogP contribution in [0.2, 0.25) is 0 Å². The van der Waals surface area contributed by atoms with Gasteiger partial charge in [0, 0.05) is 6.42 Å². The van der Waals surface area contributed by atoms with Crippen LogP contribution in [-0.4, -0.2) is 18.7 Å². The molecule has 0 unspecified atom stereocenters. The van der Waals surface area contributed by atoms with Gasteiger partial charge in [-0.1, -0.05) is 0 Å². The summed E-state index contributed by atoms with van der Waals surface area (Å²) in [6.45, 7) is 4.73. The van der Waals surface area contributed by atoms with E-state index in [1.807, 2.05) is 0 Å². The molecule has 0 spiro atoms. The van der Waals surface area contributed by atoms with Crippen molar-refractivity contribution in [2.75, 3.05) is 6.61 Å². The van der Waals surface area contributed by atoms with E-state index in [0.717, 1.165) is 0 Å². The molecule has 8 heteroatoms. The largest absolute Gasteiger partial charge is 0.519 e. The summed E-state index contributed by atoms with van der Waals surface area (Å²) in [4.78, 5) is 33.0. The van der Waals surface area contributed by atoms with E-state index in [4.69, 9.17) is 9.47 Å². The Bertz CT molecular complexity index is 502. The Morgan fingerprint density at radius 2 is 2.05 bits per heavy atom. The van der Waals surface area contributed by atoms with Crippen molar-refractivity contribution in [1.82, 2.24) is 5.32 Å². The number of carbonyl (C=O) groups excluding carboxylic acids is 2. The van der Waals surface area contributed by atoms with Crippen molar-refractivity contribution in [1.29, 1.82) is 0 Å². The topological polar surface area (TPSA) is 108 Å². The van der Waals surface area contributed by atoms with E-state index in [0.29, 0.717) is 13.0 Å². The smallest absolute Gasteiger partial charge is 0.466 e. The third-order valence-corrected chi connectivity index (χ3v) is 2.19. The number of amides is 1. The number of ether oxygens (including phenoxy) is 2. The van der Waals surface area contributed by atoms with Crippen LogP contribution in [0.3, 0.4) is 0 Å². The fourth-order valence-electron chi connectivity index (χ4n) is 1.26. The highest BCUT2D eigenvalue weighted by atomic mass is 16.6. The number of nitrogens with one attached hydrogen (secondary N) is 1. The molecule has 0 saturated carbocycles. The number of alkyl carbamates (subject to hydrolysis) is 1. The van der Waals surface area contributed by atoms with E-state index in [9.17, 15) is 14.4 Å². The molecular formula is C12H16NO7. The first-order chi connectivity index (χ1) is 9.52. The first-order valence-corrected chi connectivity index (χ1v) is 6.03. The summed E-state index contributed by atoms with van der Waals surface area (Å²) >= 11 is 0. The second kappa shape index (κ2) is 8.03. The van der Waals surface area contributed by atoms with E-state index < -0.39 is 11.9 Å². The van der Waals surface area contributed by atoms with Gasteiger partial charge in [-0.15, -0.1) is 0 Å². The van der Waals surface area contributed by atoms with Crippen LogP contribution in [0.4, 0.5) is 4.79 Å². The van der Waals surface area contributed by atoms with Gasteiger partial charge < -0.3 is 23.6 Å². The molecule has 0 aliphatic carbocycles. The fraction of sp³-hybridized carbons (Fsp3) is 0.500. The van der Waals surface area contributed by atoms with Gasteiger partial charge in [0.1, 0.15) is 0 Å². The molecule has 1 heterocycles. The Balaban J connectivity index is 2.16. The molecule has 1 aromatic heterocycles. The van der Waals surface area contributed by atoms with Crippen molar-refractivity contribution in [2.45, 2.75) is 33.3 Å². The van der Waals surface area contributed by atoms with Gasteiger partial charge in [0.15, 0.2) is 18.1 Å². The minimum Gasteiger partial charge on any atom is -0.466 e. The minimum absolute atomic E-state index is 0.150. The van der Waals surface area contributed by atoms with Gasteiger partial charge in [0.2, 0.25) is 0 Å². The number of esters is 1. The van der Waals surface area contributed by atoms with E-state index in [1.165, 1.54) is 13.5 Å². The molecule has 0 bridgehead atoms. The minimum atomic E-state index is -0.845. The maximum absolute atomic E-state index is 11.3. The number of hydrogen-bond acceptors (Lipinski definition) is 7. The molecule has 0 aliphatic heterocycles. The summed E-state index contributed by atoms with van der Waals surface area (Å²) in [7, 11) is 0. The van der Waals surface area contributed by atoms with Crippen molar-refractivity contribution in [3.63, 3.8) is 0 Å². The molecule has 1 amide bonds. The molecule has 20 heavy (non-hydrogen) atoms. The number of carbonyl (C=O) groups is 2. The quantitative estimate of drug-likeness (QED) is 0.594. The SMILES string of the molecule is CCOC(=O)CC[CH]NC(=O)OCc1oc(=O)oc1C. The number of hydrogen-bond donors (Lipinski definition) is 1. The zero-order valence-corrected chi connectivity index (χ0v) is 11.3. The Morgan fingerprint density at radius 3 is 2.65 bits per heavy atom. The van der Waals surface area contributed by atoms with E-state index in [-0.39, 0.29) is 30.5 Å². The van der Waals surface area contributed by atoms with Crippen LogP contribution >= 0.6 is 0 Å². The van der Waals surface area contributed by atoms with Crippen molar-refractivity contribution in [3.8, 4) is 0 Å². The van der Waals surface area contributed by atoms with Crippen molar-refractivity contribution < 1.29 is 27.9 Å². The molecule has 1 N–H and O–H groups in total. The molecular weight excluding hydrogens is 270 g/mol. The van der Waals surface area contributed by atoms with Crippen LogP contribution in [0.5, 0.6) is 0 Å². The van der Waals surface area contributed by atoms with Crippen LogP contribution in [0.15, 0.2) is 13.6 Å². The van der Waals surface area contributed by atoms with Crippen molar-refractivity contribution >= 4 is 12.1 Å². The average molecular weight is 286 g/mol. The summed E-state index contributed by atoms with van der Waals surface area (Å²) in [5.41, 5.74) is 0. The molecule has 0 fully saturated rings. The monoisotopic (exact) mass is 286 g/mol. The molecule has 0 aromatic carbocycles. The number of aryl methyl sites for hydroxylation is 1. The molecule has 8 nitrogen and oxygen atoms in total. The maximum atomic E-state index is 11.3. The fourth-order valence-corrected chi connectivity index (χ4v) is 1.26. The van der Waals surface area contributed by atoms with Gasteiger partial charge >= 0.3 is 17.9 Å². The third-order valence-electron chi connectivity index (χ3n) is 2.19. The normalized spacial score (nSPS) is 10.1. The second-order valence-electron chi connectivity index (χ2n) is 3.70. The molecule has 1 rings (SSSR count). The zero-order chi connectivity index (χ0) is 15.0. The van der Waals surface area contributed by atoms with Gasteiger partial charge in [-0.05, 0) is 20.3 Å². The lowest BCUT2D eigenvalue weighted by molar-refractivity contribution is -0.143. The second-order valence-corrected chi connectivity index (χ2v) is 3.70. The van der Waals surface area contributed by atoms with E-state index >= 15 is 0 Å². The molecule has 1 radical (unpaired) electrons. The lowest BCUT2D eigenvalue weighted by Crippen LogP contribution is -2.22. The highest BCUT2D eigenvalue weighted by molar-refractivity contribution is 5.70. The molecule has 111 valence electrons. The van der Waals surface area contributed by atoms with Gasteiger partial charge in [0.05, 0.1) is 13.2 Å². The van der Waals surface area contributed by atoms with Gasteiger partial charge in [-0.25, -0.2) is 9.59 Å². The highest BCUT2D eigenvalue weighted by Gasteiger charge is 2.11. The average Bonchev–Trinajstić information content (AvgIpc) is 2.71. The van der Waals surface area contributed by atoms with Crippen LogP contribution in [0, 0.1) is 13.5 Å². The maximum Gasteiger partial charge on any atom is 0.519 e. The molecule has 0 atom stereocenters. The predicted molar refractivity (Wildman–Crippen MR) is 65.5 cm³/mol. The Kier molecular flexibility index (Phi) is 6.34.